The monoisotopic (exact) mass is 226 g/mol. The van der Waals surface area contributed by atoms with E-state index in [2.05, 4.69) is 27.1 Å². The molecule has 3 N–H and O–H groups in total. The zero-order valence-electron chi connectivity index (χ0n) is 9.40. The number of hydrogen-bond donors (Lipinski definition) is 1. The van der Waals surface area contributed by atoms with Crippen LogP contribution in [0.25, 0.3) is 10.9 Å². The van der Waals surface area contributed by atoms with E-state index in [4.69, 9.17) is 0 Å². The predicted octanol–water partition coefficient (Wildman–Crippen LogP) is 2.87. The molecular weight excluding hydrogens is 212 g/mol. The molecule has 1 aromatic carbocycles. The van der Waals surface area contributed by atoms with E-state index < -0.39 is 0 Å². The van der Waals surface area contributed by atoms with Crippen molar-refractivity contribution >= 4 is 10.9 Å². The lowest BCUT2D eigenvalue weighted by atomic mass is 10.2. The molecule has 0 fully saturated rings. The van der Waals surface area contributed by atoms with Gasteiger partial charge in [0.1, 0.15) is 6.33 Å². The third kappa shape index (κ3) is 3.96. The van der Waals surface area contributed by atoms with E-state index in [0.29, 0.717) is 0 Å². The summed E-state index contributed by atoms with van der Waals surface area (Å²) in [5.74, 6) is 0. The molecule has 0 saturated heterocycles. The van der Waals surface area contributed by atoms with Crippen LogP contribution in [0.4, 0.5) is 0 Å². The summed E-state index contributed by atoms with van der Waals surface area (Å²) >= 11 is 0. The molecule has 2 heterocycles. The van der Waals surface area contributed by atoms with Crippen LogP contribution in [-0.4, -0.2) is 15.0 Å². The van der Waals surface area contributed by atoms with Gasteiger partial charge in [0.15, 0.2) is 0 Å². The Bertz CT molecular complexity index is 448. The van der Waals surface area contributed by atoms with Crippen LogP contribution in [0.5, 0.6) is 0 Å². The number of para-hydroxylation sites is 1. The van der Waals surface area contributed by atoms with Crippen molar-refractivity contribution in [2.75, 3.05) is 0 Å². The van der Waals surface area contributed by atoms with Crippen LogP contribution in [0.3, 0.4) is 0 Å². The normalized spacial score (nSPS) is 8.71. The van der Waals surface area contributed by atoms with Crippen molar-refractivity contribution in [1.82, 2.24) is 21.1 Å². The van der Waals surface area contributed by atoms with Crippen molar-refractivity contribution in [2.24, 2.45) is 0 Å². The SMILES string of the molecule is N.c1ccc2ncccc2c1.c1cncnc1. The fourth-order valence-corrected chi connectivity index (χ4v) is 1.27. The maximum atomic E-state index is 4.18. The topological polar surface area (TPSA) is 73.7 Å². The highest BCUT2D eigenvalue weighted by Crippen LogP contribution is 2.07. The Morgan fingerprint density at radius 2 is 1.41 bits per heavy atom. The Morgan fingerprint density at radius 3 is 2.00 bits per heavy atom. The molecule has 4 nitrogen and oxygen atoms in total. The molecule has 0 bridgehead atoms. The molecule has 3 aromatic rings. The summed E-state index contributed by atoms with van der Waals surface area (Å²) in [5, 5.41) is 1.20. The lowest BCUT2D eigenvalue weighted by Crippen LogP contribution is -1.73. The summed E-state index contributed by atoms with van der Waals surface area (Å²) in [6, 6.07) is 13.9. The van der Waals surface area contributed by atoms with E-state index in [1.807, 2.05) is 30.5 Å². The fraction of sp³-hybridized carbons (Fsp3) is 0. The number of nitrogens with zero attached hydrogens (tertiary/aromatic N) is 3. The maximum Gasteiger partial charge on any atom is 0.115 e. The van der Waals surface area contributed by atoms with Gasteiger partial charge in [0, 0.05) is 24.0 Å². The van der Waals surface area contributed by atoms with Gasteiger partial charge < -0.3 is 6.15 Å². The Labute approximate surface area is 100.0 Å². The zero-order chi connectivity index (χ0) is 11.1. The minimum Gasteiger partial charge on any atom is -0.344 e. The number of aromatic nitrogens is 3. The highest BCUT2D eigenvalue weighted by molar-refractivity contribution is 5.77. The quantitative estimate of drug-likeness (QED) is 0.639. The molecule has 2 aromatic heterocycles. The molecule has 0 unspecified atom stereocenters. The van der Waals surface area contributed by atoms with Crippen LogP contribution < -0.4 is 6.15 Å². The molecule has 17 heavy (non-hydrogen) atoms. The second-order valence-corrected chi connectivity index (χ2v) is 3.10. The van der Waals surface area contributed by atoms with Gasteiger partial charge in [-0.1, -0.05) is 24.3 Å². The molecule has 0 amide bonds. The summed E-state index contributed by atoms with van der Waals surface area (Å²) in [7, 11) is 0. The smallest absolute Gasteiger partial charge is 0.115 e. The molecule has 0 radical (unpaired) electrons. The van der Waals surface area contributed by atoms with Gasteiger partial charge in [-0.3, -0.25) is 4.98 Å². The van der Waals surface area contributed by atoms with Crippen LogP contribution >= 0.6 is 0 Å². The highest BCUT2D eigenvalue weighted by atomic mass is 14.8. The van der Waals surface area contributed by atoms with Crippen molar-refractivity contribution in [2.45, 2.75) is 0 Å². The third-order valence-electron chi connectivity index (χ3n) is 1.99. The lowest BCUT2D eigenvalue weighted by molar-refractivity contribution is 1.17. The van der Waals surface area contributed by atoms with Gasteiger partial charge in [-0.2, -0.15) is 0 Å². The van der Waals surface area contributed by atoms with Crippen LogP contribution in [0, 0.1) is 0 Å². The van der Waals surface area contributed by atoms with Crippen molar-refractivity contribution < 1.29 is 0 Å². The molecule has 0 aliphatic rings. The number of pyridine rings is 1. The molecule has 4 heteroatoms. The summed E-state index contributed by atoms with van der Waals surface area (Å²) < 4.78 is 0. The fourth-order valence-electron chi connectivity index (χ4n) is 1.27. The number of benzene rings is 1. The maximum absolute atomic E-state index is 4.18. The average Bonchev–Trinajstić information content (AvgIpc) is 2.42. The molecule has 0 aliphatic carbocycles. The standard InChI is InChI=1S/C9H7N.C4H4N2.H3N/c1-2-6-9-8(4-1)5-3-7-10-9;1-2-5-4-6-3-1;/h1-7H;1-4H;1H3. The van der Waals surface area contributed by atoms with E-state index in [1.54, 1.807) is 18.5 Å². The number of rotatable bonds is 0. The second kappa shape index (κ2) is 7.03. The van der Waals surface area contributed by atoms with E-state index in [-0.39, 0.29) is 6.15 Å². The van der Waals surface area contributed by atoms with Gasteiger partial charge in [-0.05, 0) is 18.2 Å². The number of hydrogen-bond acceptors (Lipinski definition) is 4. The van der Waals surface area contributed by atoms with Gasteiger partial charge in [-0.25, -0.2) is 9.97 Å². The van der Waals surface area contributed by atoms with Crippen LogP contribution in [0.2, 0.25) is 0 Å². The molecule has 0 aliphatic heterocycles. The van der Waals surface area contributed by atoms with Gasteiger partial charge in [0.2, 0.25) is 0 Å². The predicted molar refractivity (Wildman–Crippen MR) is 68.8 cm³/mol. The van der Waals surface area contributed by atoms with E-state index in [9.17, 15) is 0 Å². The van der Waals surface area contributed by atoms with E-state index in [0.717, 1.165) is 5.52 Å². The van der Waals surface area contributed by atoms with Crippen molar-refractivity contribution in [3.05, 3.63) is 67.4 Å². The summed E-state index contributed by atoms with van der Waals surface area (Å²) in [5.41, 5.74) is 1.06. The first-order chi connectivity index (χ1) is 7.97. The molecule has 0 saturated carbocycles. The average molecular weight is 226 g/mol. The minimum atomic E-state index is 0. The molecule has 0 spiro atoms. The molecule has 86 valence electrons. The third-order valence-corrected chi connectivity index (χ3v) is 1.99. The second-order valence-electron chi connectivity index (χ2n) is 3.10. The Kier molecular flexibility index (Phi) is 5.27. The Morgan fingerprint density at radius 1 is 0.706 bits per heavy atom. The molecule has 0 atom stereocenters. The number of fused-ring (bicyclic) bond motifs is 1. The first-order valence-corrected chi connectivity index (χ1v) is 4.96. The summed E-state index contributed by atoms with van der Waals surface area (Å²) in [6.45, 7) is 0. The van der Waals surface area contributed by atoms with Gasteiger partial charge in [-0.15, -0.1) is 0 Å². The largest absolute Gasteiger partial charge is 0.344 e. The van der Waals surface area contributed by atoms with E-state index in [1.165, 1.54) is 11.7 Å². The van der Waals surface area contributed by atoms with Crippen molar-refractivity contribution in [3.8, 4) is 0 Å². The first kappa shape index (κ1) is 12.7. The molecular formula is C13H14N4. The van der Waals surface area contributed by atoms with Crippen molar-refractivity contribution in [1.29, 1.82) is 0 Å². The van der Waals surface area contributed by atoms with Crippen LogP contribution in [0.15, 0.2) is 67.4 Å². The zero-order valence-corrected chi connectivity index (χ0v) is 9.40. The molecule has 3 rings (SSSR count). The first-order valence-electron chi connectivity index (χ1n) is 4.96. The van der Waals surface area contributed by atoms with E-state index >= 15 is 0 Å². The van der Waals surface area contributed by atoms with Crippen LogP contribution in [0.1, 0.15) is 0 Å². The summed E-state index contributed by atoms with van der Waals surface area (Å²) in [6.07, 6.45) is 6.68. The minimum absolute atomic E-state index is 0. The highest BCUT2D eigenvalue weighted by Gasteiger charge is 1.86. The van der Waals surface area contributed by atoms with Gasteiger partial charge in [0.05, 0.1) is 5.52 Å². The summed E-state index contributed by atoms with van der Waals surface area (Å²) in [4.78, 5) is 11.5. The Hall–Kier alpha value is -2.33. The van der Waals surface area contributed by atoms with Gasteiger partial charge >= 0.3 is 0 Å². The lowest BCUT2D eigenvalue weighted by Gasteiger charge is -1.91. The van der Waals surface area contributed by atoms with Crippen molar-refractivity contribution in [3.63, 3.8) is 0 Å². The Balaban J connectivity index is 0.000000180. The van der Waals surface area contributed by atoms with Gasteiger partial charge in [0.25, 0.3) is 0 Å². The van der Waals surface area contributed by atoms with Crippen LogP contribution in [-0.2, 0) is 0 Å².